The largest absolute Gasteiger partial charge is 0.369 e. The number of guanidine groups is 1. The van der Waals surface area contributed by atoms with E-state index in [1.165, 1.54) is 0 Å². The first-order valence-corrected chi connectivity index (χ1v) is 3.31. The molecule has 0 fully saturated rings. The third-order valence-corrected chi connectivity index (χ3v) is 1.09. The molecule has 0 saturated carbocycles. The summed E-state index contributed by atoms with van der Waals surface area (Å²) in [6.07, 6.45) is 4.87. The van der Waals surface area contributed by atoms with Crippen LogP contribution in [0.25, 0.3) is 0 Å². The van der Waals surface area contributed by atoms with Gasteiger partial charge in [-0.05, 0) is 17.7 Å². The summed E-state index contributed by atoms with van der Waals surface area (Å²) in [5.41, 5.74) is 11.0. The summed E-state index contributed by atoms with van der Waals surface area (Å²) in [5, 5.41) is 7.07. The van der Waals surface area contributed by atoms with Gasteiger partial charge in [0.1, 0.15) is 0 Å². The van der Waals surface area contributed by atoms with Crippen LogP contribution in [0.5, 0.6) is 0 Å². The number of hydrogen-bond acceptors (Lipinski definition) is 3. The number of pyridine rings is 1. The molecule has 5 heteroatoms. The highest BCUT2D eigenvalue weighted by atomic mass is 15.3. The van der Waals surface area contributed by atoms with Gasteiger partial charge < -0.3 is 11.5 Å². The monoisotopic (exact) mass is 163 g/mol. The molecule has 1 rings (SSSR count). The van der Waals surface area contributed by atoms with Crippen molar-refractivity contribution in [3.05, 3.63) is 30.1 Å². The predicted octanol–water partition coefficient (Wildman–Crippen LogP) is -0.311. The van der Waals surface area contributed by atoms with Gasteiger partial charge in [0.15, 0.2) is 0 Å². The normalized spacial score (nSPS) is 10.0. The van der Waals surface area contributed by atoms with E-state index >= 15 is 0 Å². The molecule has 0 amide bonds. The molecule has 12 heavy (non-hydrogen) atoms. The van der Waals surface area contributed by atoms with E-state index in [-0.39, 0.29) is 5.96 Å². The van der Waals surface area contributed by atoms with Crippen molar-refractivity contribution in [2.75, 3.05) is 0 Å². The maximum atomic E-state index is 5.06. The van der Waals surface area contributed by atoms with Gasteiger partial charge in [0.05, 0.1) is 6.21 Å². The van der Waals surface area contributed by atoms with E-state index < -0.39 is 0 Å². The average Bonchev–Trinajstić information content (AvgIpc) is 2.05. The lowest BCUT2D eigenvalue weighted by atomic mass is 10.3. The van der Waals surface area contributed by atoms with Crippen LogP contribution in [0.3, 0.4) is 0 Å². The molecule has 5 nitrogen and oxygen atoms in total. The average molecular weight is 163 g/mol. The second-order valence-corrected chi connectivity index (χ2v) is 2.05. The molecule has 4 N–H and O–H groups in total. The molecule has 0 atom stereocenters. The molecule has 1 aromatic heterocycles. The molecule has 0 aliphatic carbocycles. The van der Waals surface area contributed by atoms with Gasteiger partial charge in [0.2, 0.25) is 5.96 Å². The predicted molar refractivity (Wildman–Crippen MR) is 47.6 cm³/mol. The Morgan fingerprint density at radius 3 is 2.58 bits per heavy atom. The van der Waals surface area contributed by atoms with Crippen LogP contribution in [0.15, 0.2) is 34.7 Å². The molecular weight excluding hydrogens is 154 g/mol. The third-order valence-electron chi connectivity index (χ3n) is 1.09. The number of rotatable bonds is 2. The summed E-state index contributed by atoms with van der Waals surface area (Å²) in [6.45, 7) is 0. The number of nitrogens with zero attached hydrogens (tertiary/aromatic N) is 3. The van der Waals surface area contributed by atoms with E-state index in [4.69, 9.17) is 11.5 Å². The van der Waals surface area contributed by atoms with Crippen molar-refractivity contribution in [2.45, 2.75) is 0 Å². The van der Waals surface area contributed by atoms with Crippen LogP contribution in [0, 0.1) is 0 Å². The van der Waals surface area contributed by atoms with Gasteiger partial charge in [-0.2, -0.15) is 5.10 Å². The molecule has 1 heterocycles. The zero-order valence-corrected chi connectivity index (χ0v) is 6.38. The summed E-state index contributed by atoms with van der Waals surface area (Å²) < 4.78 is 0. The van der Waals surface area contributed by atoms with Crippen LogP contribution in [-0.2, 0) is 0 Å². The first-order valence-electron chi connectivity index (χ1n) is 3.31. The Morgan fingerprint density at radius 1 is 1.33 bits per heavy atom. The Labute approximate surface area is 69.8 Å². The molecule has 0 spiro atoms. The molecular formula is C7H9N5. The lowest BCUT2D eigenvalue weighted by molar-refractivity contribution is 1.21. The molecule has 0 aliphatic rings. The van der Waals surface area contributed by atoms with Crippen LogP contribution in [-0.4, -0.2) is 17.2 Å². The van der Waals surface area contributed by atoms with Crippen molar-refractivity contribution in [1.29, 1.82) is 0 Å². The van der Waals surface area contributed by atoms with Crippen LogP contribution in [0.1, 0.15) is 5.56 Å². The fraction of sp³-hybridized carbons (Fsp3) is 0. The van der Waals surface area contributed by atoms with E-state index in [0.717, 1.165) is 5.56 Å². The van der Waals surface area contributed by atoms with Crippen molar-refractivity contribution < 1.29 is 0 Å². The Balaban J connectivity index is 2.64. The minimum absolute atomic E-state index is 0.0553. The van der Waals surface area contributed by atoms with Crippen molar-refractivity contribution in [3.63, 3.8) is 0 Å². The van der Waals surface area contributed by atoms with Gasteiger partial charge in [-0.15, -0.1) is 5.10 Å². The fourth-order valence-corrected chi connectivity index (χ4v) is 0.612. The van der Waals surface area contributed by atoms with Crippen molar-refractivity contribution in [2.24, 2.45) is 21.7 Å². The van der Waals surface area contributed by atoms with E-state index in [9.17, 15) is 0 Å². The van der Waals surface area contributed by atoms with Crippen molar-refractivity contribution >= 4 is 12.2 Å². The highest BCUT2D eigenvalue weighted by Crippen LogP contribution is 1.90. The SMILES string of the molecule is NC(N)=N/N=C\c1ccncc1. The maximum absolute atomic E-state index is 5.06. The molecule has 0 bridgehead atoms. The van der Waals surface area contributed by atoms with E-state index in [0.29, 0.717) is 0 Å². The zero-order chi connectivity index (χ0) is 8.81. The van der Waals surface area contributed by atoms with Gasteiger partial charge in [0, 0.05) is 12.4 Å². The van der Waals surface area contributed by atoms with E-state index in [1.54, 1.807) is 30.7 Å². The standard InChI is InChI=1S/C7H9N5/c8-7(9)12-11-5-6-1-3-10-4-2-6/h1-5H,(H4,8,9,12)/b11-5-. The lowest BCUT2D eigenvalue weighted by Gasteiger charge is -1.87. The summed E-state index contributed by atoms with van der Waals surface area (Å²) in [5.74, 6) is -0.0553. The smallest absolute Gasteiger partial charge is 0.211 e. The van der Waals surface area contributed by atoms with Crippen LogP contribution in [0.4, 0.5) is 0 Å². The van der Waals surface area contributed by atoms with Gasteiger partial charge >= 0.3 is 0 Å². The molecule has 62 valence electrons. The lowest BCUT2D eigenvalue weighted by Crippen LogP contribution is -2.21. The maximum Gasteiger partial charge on any atom is 0.211 e. The minimum Gasteiger partial charge on any atom is -0.369 e. The molecule has 0 saturated heterocycles. The van der Waals surface area contributed by atoms with Crippen molar-refractivity contribution in [1.82, 2.24) is 4.98 Å². The summed E-state index contributed by atoms with van der Waals surface area (Å²) in [4.78, 5) is 3.84. The Hall–Kier alpha value is -1.91. The first kappa shape index (κ1) is 8.19. The third kappa shape index (κ3) is 2.78. The molecule has 0 aromatic carbocycles. The summed E-state index contributed by atoms with van der Waals surface area (Å²) >= 11 is 0. The first-order chi connectivity index (χ1) is 5.79. The summed E-state index contributed by atoms with van der Waals surface area (Å²) in [7, 11) is 0. The Bertz CT molecular complexity index is 286. The van der Waals surface area contributed by atoms with Gasteiger partial charge in [-0.3, -0.25) is 4.98 Å². The number of aromatic nitrogens is 1. The van der Waals surface area contributed by atoms with Gasteiger partial charge in [-0.1, -0.05) is 0 Å². The van der Waals surface area contributed by atoms with Crippen LogP contribution < -0.4 is 11.5 Å². The topological polar surface area (TPSA) is 89.7 Å². The van der Waals surface area contributed by atoms with Gasteiger partial charge in [0.25, 0.3) is 0 Å². The quantitative estimate of drug-likeness (QED) is 0.356. The fourth-order valence-electron chi connectivity index (χ4n) is 0.612. The molecule has 0 radical (unpaired) electrons. The van der Waals surface area contributed by atoms with Crippen LogP contribution in [0.2, 0.25) is 0 Å². The minimum atomic E-state index is -0.0553. The Kier molecular flexibility index (Phi) is 2.78. The molecule has 0 aliphatic heterocycles. The van der Waals surface area contributed by atoms with Crippen LogP contribution >= 0.6 is 0 Å². The zero-order valence-electron chi connectivity index (χ0n) is 6.38. The second-order valence-electron chi connectivity index (χ2n) is 2.05. The number of nitrogens with two attached hydrogens (primary N) is 2. The highest BCUT2D eigenvalue weighted by molar-refractivity contribution is 5.81. The van der Waals surface area contributed by atoms with Crippen molar-refractivity contribution in [3.8, 4) is 0 Å². The van der Waals surface area contributed by atoms with E-state index in [1.807, 2.05) is 0 Å². The van der Waals surface area contributed by atoms with E-state index in [2.05, 4.69) is 15.2 Å². The Morgan fingerprint density at radius 2 is 2.00 bits per heavy atom. The molecule has 1 aromatic rings. The molecule has 0 unspecified atom stereocenters. The number of hydrogen-bond donors (Lipinski definition) is 2. The van der Waals surface area contributed by atoms with Gasteiger partial charge in [-0.25, -0.2) is 0 Å². The highest BCUT2D eigenvalue weighted by Gasteiger charge is 1.82. The second kappa shape index (κ2) is 4.07. The summed E-state index contributed by atoms with van der Waals surface area (Å²) in [6, 6.07) is 3.59.